The maximum absolute atomic E-state index is 13.6. The fourth-order valence-electron chi connectivity index (χ4n) is 17.0. The third-order valence-electron chi connectivity index (χ3n) is 23.7. The Kier molecular flexibility index (Phi) is 39.4. The fraction of sp³-hybridized carbons (Fsp3) is 0.905. The van der Waals surface area contributed by atoms with Gasteiger partial charge < -0.3 is 255 Å². The van der Waals surface area contributed by atoms with Gasteiger partial charge >= 0.3 is 0 Å². The summed E-state index contributed by atoms with van der Waals surface area (Å²) in [7, 11) is 0. The van der Waals surface area contributed by atoms with Gasteiger partial charge in [-0.05, 0) is 0 Å². The highest BCUT2D eigenvalue weighted by atomic mass is 16.8. The number of aliphatic hydroxyl groups is 25. The van der Waals surface area contributed by atoms with E-state index >= 15 is 0 Å². The molecule has 7 amide bonds. The monoisotopic (exact) mass is 1930 g/mol. The second kappa shape index (κ2) is 47.9. The third kappa shape index (κ3) is 24.9. The van der Waals surface area contributed by atoms with Crippen LogP contribution in [-0.2, 0) is 124 Å². The molecule has 50 unspecified atom stereocenters. The highest BCUT2D eigenvalue weighted by Gasteiger charge is 2.63. The molecule has 10 rings (SSSR count). The first-order chi connectivity index (χ1) is 62.4. The minimum atomic E-state index is -2.85. The van der Waals surface area contributed by atoms with Crippen molar-refractivity contribution in [1.82, 2.24) is 37.2 Å². The highest BCUT2D eigenvalue weighted by molar-refractivity contribution is 5.75. The quantitative estimate of drug-likeness (QED) is 0.0280. The fourth-order valence-corrected chi connectivity index (χ4v) is 17.0. The summed E-state index contributed by atoms with van der Waals surface area (Å²) in [6.07, 6.45) is -95.3. The minimum Gasteiger partial charge on any atom is -0.394 e. The summed E-state index contributed by atoms with van der Waals surface area (Å²) in [5.41, 5.74) is 0. The van der Waals surface area contributed by atoms with Crippen LogP contribution in [0.15, 0.2) is 0 Å². The normalized spacial score (nSPS) is 46.7. The molecule has 0 spiro atoms. The van der Waals surface area contributed by atoms with Crippen LogP contribution in [0.4, 0.5) is 0 Å². The molecule has 50 atom stereocenters. The van der Waals surface area contributed by atoms with Crippen LogP contribution in [0.1, 0.15) is 48.5 Å². The van der Waals surface area contributed by atoms with E-state index in [0.29, 0.717) is 0 Å². The summed E-state index contributed by atoms with van der Waals surface area (Å²) in [5, 5.41) is 303. The van der Waals surface area contributed by atoms with Crippen LogP contribution in [0.25, 0.3) is 0 Å². The molecule has 58 nitrogen and oxygen atoms in total. The average Bonchev–Trinajstić information content (AvgIpc) is 0.752. The number of hydrogen-bond donors (Lipinski definition) is 32. The van der Waals surface area contributed by atoms with Crippen molar-refractivity contribution in [3.05, 3.63) is 0 Å². The Labute approximate surface area is 748 Å². The van der Waals surface area contributed by atoms with Crippen molar-refractivity contribution >= 4 is 41.4 Å². The van der Waals surface area contributed by atoms with E-state index < -0.39 is 414 Å². The second-order valence-electron chi connectivity index (χ2n) is 33.2. The third-order valence-corrected chi connectivity index (χ3v) is 23.7. The first kappa shape index (κ1) is 109. The molecular weight excluding hydrogens is 1800 g/mol. The Morgan fingerprint density at radius 3 is 0.780 bits per heavy atom. The molecule has 58 heteroatoms. The van der Waals surface area contributed by atoms with Crippen LogP contribution in [0.2, 0.25) is 0 Å². The number of nitrogens with one attached hydrogen (secondary N) is 7. The lowest BCUT2D eigenvalue weighted by molar-refractivity contribution is -0.412. The molecule has 0 bridgehead atoms. The maximum atomic E-state index is 13.6. The Morgan fingerprint density at radius 2 is 0.424 bits per heavy atom. The first-order valence-corrected chi connectivity index (χ1v) is 42.1. The van der Waals surface area contributed by atoms with Gasteiger partial charge in [0.05, 0.1) is 66.1 Å². The molecular formula is C74H123N7O51. The zero-order valence-corrected chi connectivity index (χ0v) is 71.7. The second-order valence-corrected chi connectivity index (χ2v) is 33.2. The molecule has 0 aliphatic carbocycles. The number of rotatable bonds is 35. The molecule has 0 radical (unpaired) electrons. The smallest absolute Gasteiger partial charge is 0.217 e. The van der Waals surface area contributed by atoms with Gasteiger partial charge in [-0.2, -0.15) is 0 Å². The predicted molar refractivity (Wildman–Crippen MR) is 411 cm³/mol. The van der Waals surface area contributed by atoms with Crippen molar-refractivity contribution in [3.8, 4) is 0 Å². The Morgan fingerprint density at radius 1 is 0.197 bits per heavy atom. The largest absolute Gasteiger partial charge is 0.394 e. The summed E-state index contributed by atoms with van der Waals surface area (Å²) in [4.78, 5) is 90.5. The molecule has 760 valence electrons. The van der Waals surface area contributed by atoms with E-state index in [0.717, 1.165) is 48.5 Å². The number of carbonyl (C=O) groups is 7. The van der Waals surface area contributed by atoms with Crippen LogP contribution in [-0.4, -0.2) is 542 Å². The SMILES string of the molecule is CC(=O)NC1C(O)OC(CO)C(OC2OC(CO)C(OC3OC(COC4OC(COC5OC(CO)C(O)C(O)C5NC(C)=O)C(O)C(O)C4OC4OC(CO)C(O)C(O)C4NC(C)=O)C(OC4OC(CO)C(O)C(O)C4NC(C)=O)C(OC4OC(CO)C(OC5OC(CO)C(O)C(O)C5NC(C)=O)C(O)C4OC4OC(CO)C(O)C(O)C4NC(C)=O)C3O)C(O)C2NC(C)=O)C1O. The predicted octanol–water partition coefficient (Wildman–Crippen LogP) is -21.8. The van der Waals surface area contributed by atoms with Crippen molar-refractivity contribution < 1.29 is 251 Å². The Balaban J connectivity index is 1.16. The summed E-state index contributed by atoms with van der Waals surface area (Å²) >= 11 is 0. The van der Waals surface area contributed by atoms with E-state index in [9.17, 15) is 161 Å². The van der Waals surface area contributed by atoms with Crippen molar-refractivity contribution in [2.45, 2.75) is 355 Å². The minimum absolute atomic E-state index is 0.838. The molecule has 10 heterocycles. The molecule has 10 saturated heterocycles. The van der Waals surface area contributed by atoms with E-state index in [1.807, 2.05) is 0 Å². The number of carbonyl (C=O) groups excluding carboxylic acids is 7. The molecule has 10 fully saturated rings. The number of amides is 7. The van der Waals surface area contributed by atoms with Crippen molar-refractivity contribution in [1.29, 1.82) is 0 Å². The van der Waals surface area contributed by atoms with Crippen molar-refractivity contribution in [2.24, 2.45) is 0 Å². The summed E-state index contributed by atoms with van der Waals surface area (Å²) < 4.78 is 118. The van der Waals surface area contributed by atoms with Gasteiger partial charge in [-0.15, -0.1) is 0 Å². The van der Waals surface area contributed by atoms with Crippen LogP contribution >= 0.6 is 0 Å². The first-order valence-electron chi connectivity index (χ1n) is 42.1. The van der Waals surface area contributed by atoms with E-state index in [1.54, 1.807) is 0 Å². The molecule has 10 aliphatic rings. The van der Waals surface area contributed by atoms with Gasteiger partial charge in [0.1, 0.15) is 244 Å². The molecule has 0 aromatic carbocycles. The van der Waals surface area contributed by atoms with E-state index in [1.165, 1.54) is 0 Å². The lowest BCUT2D eigenvalue weighted by atomic mass is 9.93. The maximum Gasteiger partial charge on any atom is 0.217 e. The summed E-state index contributed by atoms with van der Waals surface area (Å²) in [6.45, 7) is -5.33. The standard InChI is InChI=1S/C74H123N7O51/c1-18(90)75-35-53(108)58(30(13-87)116-65(35)113)126-71-41(81-24(7)96)54(109)59(31(14-88)122-71)128-72-57(112)62(130-74-64(132-70-40(80-23(6)95)52(107)46(101)29(12-86)121-70)56(111)60(32(15-89)123-74)127-67-37(77-20(3)92)49(104)43(98)26(9-83)118-67)61(129-68-38(78-21(4)93)50(105)44(99)27(10-84)119-68)34(125-72)17-115-73-63(131-69-39(79-22(5)94)51(106)45(100)28(11-85)120-69)55(110)47(102)33(124-73)16-114-66-36(76-19(2)91)48(103)42(97)25(8-82)117-66/h25-74,82-89,97-113H,8-17H2,1-7H3,(H,75,90)(H,76,91)(H,77,92)(H,78,93)(H,79,94)(H,80,95)(H,81,96). The molecule has 32 N–H and O–H groups in total. The number of ether oxygens (including phenoxy) is 19. The summed E-state index contributed by atoms with van der Waals surface area (Å²) in [5.74, 6) is -6.63. The lowest BCUT2D eigenvalue weighted by Gasteiger charge is -2.53. The van der Waals surface area contributed by atoms with Crippen LogP contribution < -0.4 is 37.2 Å². The molecule has 10 aliphatic heterocycles. The van der Waals surface area contributed by atoms with Gasteiger partial charge in [-0.25, -0.2) is 0 Å². The van der Waals surface area contributed by atoms with E-state index in [2.05, 4.69) is 37.2 Å². The van der Waals surface area contributed by atoms with Crippen molar-refractivity contribution in [3.63, 3.8) is 0 Å². The zero-order chi connectivity index (χ0) is 97.4. The van der Waals surface area contributed by atoms with Crippen molar-refractivity contribution in [2.75, 3.05) is 66.1 Å². The van der Waals surface area contributed by atoms with Crippen LogP contribution in [0, 0.1) is 0 Å². The van der Waals surface area contributed by atoms with Gasteiger partial charge in [0, 0.05) is 48.5 Å². The highest BCUT2D eigenvalue weighted by Crippen LogP contribution is 2.42. The lowest BCUT2D eigenvalue weighted by Crippen LogP contribution is -2.72. The van der Waals surface area contributed by atoms with Gasteiger partial charge in [0.2, 0.25) is 41.4 Å². The molecule has 132 heavy (non-hydrogen) atoms. The zero-order valence-electron chi connectivity index (χ0n) is 71.7. The van der Waals surface area contributed by atoms with Crippen LogP contribution in [0.3, 0.4) is 0 Å². The molecule has 0 aromatic rings. The van der Waals surface area contributed by atoms with E-state index in [4.69, 9.17) is 90.0 Å². The van der Waals surface area contributed by atoms with Gasteiger partial charge in [0.25, 0.3) is 0 Å². The molecule has 0 aromatic heterocycles. The van der Waals surface area contributed by atoms with E-state index in [-0.39, 0.29) is 0 Å². The molecule has 0 saturated carbocycles. The topological polar surface area (TPSA) is 885 Å². The van der Waals surface area contributed by atoms with Gasteiger partial charge in [0.15, 0.2) is 62.9 Å². The Hall–Kier alpha value is -5.47. The van der Waals surface area contributed by atoms with Gasteiger partial charge in [-0.3, -0.25) is 33.6 Å². The Bertz CT molecular complexity index is 3700. The number of hydrogen-bond acceptors (Lipinski definition) is 51. The summed E-state index contributed by atoms with van der Waals surface area (Å²) in [6, 6.07) is -13.4. The number of aliphatic hydroxyl groups excluding tert-OH is 25. The average molecular weight is 1930 g/mol. The van der Waals surface area contributed by atoms with Gasteiger partial charge in [-0.1, -0.05) is 0 Å². The van der Waals surface area contributed by atoms with Crippen LogP contribution in [0.5, 0.6) is 0 Å².